The highest BCUT2D eigenvalue weighted by Gasteiger charge is 2.43. The van der Waals surface area contributed by atoms with Crippen molar-refractivity contribution in [2.45, 2.75) is 69.5 Å². The van der Waals surface area contributed by atoms with Crippen molar-refractivity contribution >= 4 is 11.6 Å². The number of hydrogen-bond donors (Lipinski definition) is 1. The van der Waals surface area contributed by atoms with Crippen molar-refractivity contribution in [2.24, 2.45) is 11.7 Å². The van der Waals surface area contributed by atoms with Crippen molar-refractivity contribution in [3.63, 3.8) is 0 Å². The van der Waals surface area contributed by atoms with Crippen LogP contribution in [0.1, 0.15) is 62.6 Å². The molecule has 3 rings (SSSR count). The Bertz CT molecular complexity index is 1000. The van der Waals surface area contributed by atoms with Crippen molar-refractivity contribution in [3.8, 4) is 5.75 Å². The Morgan fingerprint density at radius 2 is 1.70 bits per heavy atom. The number of nitrogens with two attached hydrogens (primary N) is 1. The van der Waals surface area contributed by atoms with Gasteiger partial charge in [-0.2, -0.15) is 13.2 Å². The van der Waals surface area contributed by atoms with Crippen LogP contribution in [0.15, 0.2) is 30.3 Å². The number of hydrogen-bond acceptors (Lipinski definition) is 2. The first-order valence-electron chi connectivity index (χ1n) is 10.9. The minimum Gasteiger partial charge on any atom is -0.496 e. The fourth-order valence-electron chi connectivity index (χ4n) is 5.27. The van der Waals surface area contributed by atoms with E-state index in [1.807, 2.05) is 13.8 Å². The quantitative estimate of drug-likeness (QED) is 0.410. The lowest BCUT2D eigenvalue weighted by atomic mass is 9.66. The van der Waals surface area contributed by atoms with Gasteiger partial charge in [0.05, 0.1) is 17.7 Å². The molecule has 0 saturated heterocycles. The first-order valence-corrected chi connectivity index (χ1v) is 11.3. The predicted octanol–water partition coefficient (Wildman–Crippen LogP) is 7.44. The van der Waals surface area contributed by atoms with Crippen LogP contribution in [0.5, 0.6) is 5.75 Å². The zero-order valence-electron chi connectivity index (χ0n) is 19.0. The van der Waals surface area contributed by atoms with Crippen LogP contribution in [0.3, 0.4) is 0 Å². The molecule has 1 aliphatic carbocycles. The van der Waals surface area contributed by atoms with Gasteiger partial charge in [0.25, 0.3) is 0 Å². The van der Waals surface area contributed by atoms with Crippen molar-refractivity contribution < 1.29 is 26.7 Å². The zero-order valence-corrected chi connectivity index (χ0v) is 19.7. The van der Waals surface area contributed by atoms with Crippen molar-refractivity contribution in [1.82, 2.24) is 0 Å². The third-order valence-corrected chi connectivity index (χ3v) is 7.06. The number of methoxy groups -OCH3 is 1. The van der Waals surface area contributed by atoms with Crippen LogP contribution in [0.4, 0.5) is 22.0 Å². The Kier molecular flexibility index (Phi) is 7.35. The molecule has 33 heavy (non-hydrogen) atoms. The van der Waals surface area contributed by atoms with E-state index in [0.29, 0.717) is 17.4 Å². The minimum absolute atomic E-state index is 0.0240. The summed E-state index contributed by atoms with van der Waals surface area (Å²) in [5.74, 6) is -0.857. The highest BCUT2D eigenvalue weighted by atomic mass is 35.5. The summed E-state index contributed by atoms with van der Waals surface area (Å²) in [4.78, 5) is 0. The molecule has 1 unspecified atom stereocenters. The molecule has 0 amide bonds. The Hall–Kier alpha value is -1.86. The maximum Gasteiger partial charge on any atom is 0.416 e. The first-order chi connectivity index (χ1) is 15.3. The molecular weight excluding hydrogens is 461 g/mol. The number of ether oxygens (including phenoxy) is 1. The van der Waals surface area contributed by atoms with E-state index >= 15 is 0 Å². The van der Waals surface area contributed by atoms with Gasteiger partial charge in [0, 0.05) is 11.1 Å². The summed E-state index contributed by atoms with van der Waals surface area (Å²) in [6.07, 6.45) is -1.02. The van der Waals surface area contributed by atoms with Crippen molar-refractivity contribution in [1.29, 1.82) is 0 Å². The largest absolute Gasteiger partial charge is 0.496 e. The summed E-state index contributed by atoms with van der Waals surface area (Å²) in [5.41, 5.74) is 4.63. The average molecular weight is 490 g/mol. The molecule has 1 aliphatic rings. The Morgan fingerprint density at radius 3 is 2.27 bits per heavy atom. The molecule has 1 saturated carbocycles. The SMILES string of the molecule is COc1ccc(F)cc1C(C)(C)CC(N)(Cc1cc(C(F)(F)F)cc(Cl)c1F)C1CCCC1. The van der Waals surface area contributed by atoms with E-state index in [9.17, 15) is 22.0 Å². The second-order valence-electron chi connectivity index (χ2n) is 9.73. The molecule has 2 aromatic rings. The maximum absolute atomic E-state index is 14.9. The van der Waals surface area contributed by atoms with Crippen molar-refractivity contribution in [3.05, 3.63) is 63.7 Å². The molecule has 0 bridgehead atoms. The van der Waals surface area contributed by atoms with Gasteiger partial charge in [-0.3, -0.25) is 0 Å². The van der Waals surface area contributed by atoms with E-state index < -0.39 is 39.4 Å². The van der Waals surface area contributed by atoms with Gasteiger partial charge in [0.15, 0.2) is 0 Å². The molecule has 2 aromatic carbocycles. The lowest BCUT2D eigenvalue weighted by molar-refractivity contribution is -0.137. The fraction of sp³-hybridized carbons (Fsp3) is 0.520. The van der Waals surface area contributed by atoms with Crippen molar-refractivity contribution in [2.75, 3.05) is 7.11 Å². The van der Waals surface area contributed by atoms with E-state index in [1.165, 1.54) is 25.3 Å². The third kappa shape index (κ3) is 5.62. The van der Waals surface area contributed by atoms with E-state index in [1.54, 1.807) is 0 Å². The molecule has 182 valence electrons. The molecule has 0 heterocycles. The monoisotopic (exact) mass is 489 g/mol. The van der Waals surface area contributed by atoms with Crippen LogP contribution < -0.4 is 10.5 Å². The number of benzene rings is 2. The summed E-state index contributed by atoms with van der Waals surface area (Å²) in [7, 11) is 1.49. The van der Waals surface area contributed by atoms with E-state index in [0.717, 1.165) is 31.7 Å². The summed E-state index contributed by atoms with van der Waals surface area (Å²) in [6, 6.07) is 5.61. The van der Waals surface area contributed by atoms with Crippen LogP contribution in [0.2, 0.25) is 5.02 Å². The molecule has 0 radical (unpaired) electrons. The average Bonchev–Trinajstić information content (AvgIpc) is 3.26. The zero-order chi connectivity index (χ0) is 24.6. The standard InChI is InChI=1S/C25H29ClF5NO/c1-23(2,19-12-18(27)8-9-21(19)33-3)14-24(32,16-6-4-5-7-16)13-15-10-17(25(29,30)31)11-20(26)22(15)28/h8-12,16H,4-7,13-14,32H2,1-3H3. The molecule has 8 heteroatoms. The van der Waals surface area contributed by atoms with Crippen LogP contribution in [0, 0.1) is 17.6 Å². The van der Waals surface area contributed by atoms with Gasteiger partial charge < -0.3 is 10.5 Å². The van der Waals surface area contributed by atoms with Gasteiger partial charge >= 0.3 is 6.18 Å². The van der Waals surface area contributed by atoms with Gasteiger partial charge in [-0.25, -0.2) is 8.78 Å². The maximum atomic E-state index is 14.9. The van der Waals surface area contributed by atoms with Gasteiger partial charge in [-0.1, -0.05) is 38.3 Å². The Labute approximate surface area is 196 Å². The molecule has 2 N–H and O–H groups in total. The summed E-state index contributed by atoms with van der Waals surface area (Å²) < 4.78 is 74.5. The van der Waals surface area contributed by atoms with Gasteiger partial charge in [0.1, 0.15) is 17.4 Å². The first kappa shape index (κ1) is 25.8. The van der Waals surface area contributed by atoms with Gasteiger partial charge in [-0.05, 0) is 72.9 Å². The molecule has 1 atom stereocenters. The highest BCUT2D eigenvalue weighted by molar-refractivity contribution is 6.30. The lowest BCUT2D eigenvalue weighted by Gasteiger charge is -2.42. The topological polar surface area (TPSA) is 35.2 Å². The molecule has 0 aliphatic heterocycles. The molecule has 1 fully saturated rings. The van der Waals surface area contributed by atoms with E-state index in [2.05, 4.69) is 0 Å². The van der Waals surface area contributed by atoms with Crippen LogP contribution in [-0.2, 0) is 18.0 Å². The number of halogens is 6. The van der Waals surface area contributed by atoms with Gasteiger partial charge in [0.2, 0.25) is 0 Å². The molecule has 0 spiro atoms. The summed E-state index contributed by atoms with van der Waals surface area (Å²) >= 11 is 5.83. The van der Waals surface area contributed by atoms with Crippen LogP contribution in [-0.4, -0.2) is 12.6 Å². The van der Waals surface area contributed by atoms with Gasteiger partial charge in [-0.15, -0.1) is 0 Å². The second kappa shape index (κ2) is 9.41. The van der Waals surface area contributed by atoms with E-state index in [-0.39, 0.29) is 24.3 Å². The second-order valence-corrected chi connectivity index (χ2v) is 10.1. The summed E-state index contributed by atoms with van der Waals surface area (Å²) in [6.45, 7) is 3.77. The Balaban J connectivity index is 2.05. The highest BCUT2D eigenvalue weighted by Crippen LogP contribution is 2.45. The number of alkyl halides is 3. The van der Waals surface area contributed by atoms with Crippen LogP contribution in [0.25, 0.3) is 0 Å². The summed E-state index contributed by atoms with van der Waals surface area (Å²) in [5, 5.41) is -0.584. The van der Waals surface area contributed by atoms with E-state index in [4.69, 9.17) is 22.1 Å². The normalized spacial score (nSPS) is 17.3. The van der Waals surface area contributed by atoms with Crippen LogP contribution >= 0.6 is 11.6 Å². The Morgan fingerprint density at radius 1 is 1.06 bits per heavy atom. The number of rotatable bonds is 7. The minimum atomic E-state index is -4.66. The fourth-order valence-corrected chi connectivity index (χ4v) is 5.51. The smallest absolute Gasteiger partial charge is 0.416 e. The molecule has 2 nitrogen and oxygen atoms in total. The molecular formula is C25H29ClF5NO. The third-order valence-electron chi connectivity index (χ3n) is 6.78. The molecule has 0 aromatic heterocycles. The predicted molar refractivity (Wildman–Crippen MR) is 120 cm³/mol. The lowest BCUT2D eigenvalue weighted by Crippen LogP contribution is -2.52.